The van der Waals surface area contributed by atoms with Gasteiger partial charge in [0.25, 0.3) is 5.91 Å². The zero-order valence-electron chi connectivity index (χ0n) is 19.3. The molecule has 1 fully saturated rings. The number of carbonyl (C=O) groups excluding carboxylic acids is 1. The molecule has 0 bridgehead atoms. The van der Waals surface area contributed by atoms with Crippen LogP contribution in [0.1, 0.15) is 55.8 Å². The average molecular weight is 485 g/mol. The van der Waals surface area contributed by atoms with Crippen molar-refractivity contribution in [1.29, 1.82) is 0 Å². The maximum atomic E-state index is 13.5. The Hall–Kier alpha value is -2.62. The van der Waals surface area contributed by atoms with Gasteiger partial charge in [-0.15, -0.1) is 10.2 Å². The van der Waals surface area contributed by atoms with E-state index in [1.807, 2.05) is 64.1 Å². The Balaban J connectivity index is 1.52. The fourth-order valence-electron chi connectivity index (χ4n) is 4.45. The number of anilines is 1. The molecule has 0 spiro atoms. The van der Waals surface area contributed by atoms with Crippen LogP contribution < -0.4 is 5.32 Å². The molecule has 1 saturated heterocycles. The number of rotatable bonds is 5. The van der Waals surface area contributed by atoms with E-state index in [9.17, 15) is 13.2 Å². The van der Waals surface area contributed by atoms with Crippen LogP contribution >= 0.6 is 11.3 Å². The zero-order valence-corrected chi connectivity index (χ0v) is 20.9. The molecule has 7 nitrogen and oxygen atoms in total. The summed E-state index contributed by atoms with van der Waals surface area (Å²) in [5.41, 5.74) is 4.27. The smallest absolute Gasteiger partial charge is 0.286 e. The van der Waals surface area contributed by atoms with Crippen molar-refractivity contribution in [2.75, 3.05) is 18.4 Å². The first-order chi connectivity index (χ1) is 15.7. The molecule has 2 aromatic carbocycles. The summed E-state index contributed by atoms with van der Waals surface area (Å²) in [7, 11) is -3.63. The van der Waals surface area contributed by atoms with E-state index in [2.05, 4.69) is 15.5 Å². The number of amides is 1. The van der Waals surface area contributed by atoms with Crippen LogP contribution in [0.5, 0.6) is 0 Å². The van der Waals surface area contributed by atoms with Crippen LogP contribution in [0.4, 0.5) is 5.69 Å². The average Bonchev–Trinajstić information content (AvgIpc) is 3.25. The van der Waals surface area contributed by atoms with Crippen LogP contribution in [-0.2, 0) is 10.0 Å². The van der Waals surface area contributed by atoms with Gasteiger partial charge in [-0.1, -0.05) is 47.2 Å². The molecule has 0 saturated carbocycles. The number of para-hydroxylation sites is 1. The van der Waals surface area contributed by atoms with E-state index in [1.165, 1.54) is 11.3 Å². The minimum atomic E-state index is -3.63. The summed E-state index contributed by atoms with van der Waals surface area (Å²) in [6.07, 6.45) is 1.55. The normalized spacial score (nSPS) is 17.2. The van der Waals surface area contributed by atoms with Gasteiger partial charge in [0.2, 0.25) is 15.0 Å². The molecule has 2 heterocycles. The molecule has 174 valence electrons. The van der Waals surface area contributed by atoms with Crippen molar-refractivity contribution in [1.82, 2.24) is 14.5 Å². The van der Waals surface area contributed by atoms with Crippen molar-refractivity contribution in [2.45, 2.75) is 51.3 Å². The van der Waals surface area contributed by atoms with Crippen molar-refractivity contribution in [2.24, 2.45) is 0 Å². The standard InChI is InChI=1S/C24H28N4O3S2/c1-15-12-17(3)21(18(4)13-15)33(30,31)28-11-7-9-19(14-28)23-26-27-24(32-23)22(29)25-20-10-6-5-8-16(20)2/h5-6,8,10,12-13,19H,7,9,11,14H2,1-4H3,(H,25,29)/t19-/m0/s1. The summed E-state index contributed by atoms with van der Waals surface area (Å²) in [5, 5.41) is 12.2. The second kappa shape index (κ2) is 9.32. The van der Waals surface area contributed by atoms with E-state index in [4.69, 9.17) is 0 Å². The van der Waals surface area contributed by atoms with Crippen molar-refractivity contribution in [3.05, 3.63) is 68.7 Å². The van der Waals surface area contributed by atoms with E-state index in [0.717, 1.165) is 40.8 Å². The van der Waals surface area contributed by atoms with Gasteiger partial charge in [-0.25, -0.2) is 8.42 Å². The molecule has 1 N–H and O–H groups in total. The Morgan fingerprint density at radius 2 is 1.76 bits per heavy atom. The fraction of sp³-hybridized carbons (Fsp3) is 0.375. The predicted octanol–water partition coefficient (Wildman–Crippen LogP) is 4.59. The van der Waals surface area contributed by atoms with Crippen LogP contribution in [0.3, 0.4) is 0 Å². The second-order valence-electron chi connectivity index (χ2n) is 8.64. The van der Waals surface area contributed by atoms with Crippen LogP contribution in [0.2, 0.25) is 0 Å². The lowest BCUT2D eigenvalue weighted by molar-refractivity contribution is 0.102. The number of nitrogens with one attached hydrogen (secondary N) is 1. The Labute approximate surface area is 198 Å². The third kappa shape index (κ3) is 4.85. The topological polar surface area (TPSA) is 92.3 Å². The molecule has 1 aromatic heterocycles. The van der Waals surface area contributed by atoms with Gasteiger partial charge in [0.15, 0.2) is 0 Å². The molecule has 0 radical (unpaired) electrons. The monoisotopic (exact) mass is 484 g/mol. The number of benzene rings is 2. The predicted molar refractivity (Wildman–Crippen MR) is 130 cm³/mol. The lowest BCUT2D eigenvalue weighted by Crippen LogP contribution is -2.39. The van der Waals surface area contributed by atoms with Crippen molar-refractivity contribution in [3.63, 3.8) is 0 Å². The van der Waals surface area contributed by atoms with Gasteiger partial charge in [0.1, 0.15) is 5.01 Å². The summed E-state index contributed by atoms with van der Waals surface area (Å²) < 4.78 is 28.5. The molecule has 1 atom stereocenters. The molecule has 9 heteroatoms. The van der Waals surface area contributed by atoms with Crippen LogP contribution in [0.25, 0.3) is 0 Å². The van der Waals surface area contributed by atoms with Crippen LogP contribution in [-0.4, -0.2) is 41.9 Å². The number of piperidine rings is 1. The maximum absolute atomic E-state index is 13.5. The summed E-state index contributed by atoms with van der Waals surface area (Å²) in [4.78, 5) is 13.1. The number of nitrogens with zero attached hydrogens (tertiary/aromatic N) is 3. The highest BCUT2D eigenvalue weighted by Gasteiger charge is 2.34. The molecule has 4 rings (SSSR count). The van der Waals surface area contributed by atoms with Gasteiger partial charge in [-0.3, -0.25) is 4.79 Å². The molecular formula is C24H28N4O3S2. The number of aromatic nitrogens is 2. The molecule has 1 aliphatic rings. The van der Waals surface area contributed by atoms with Gasteiger partial charge >= 0.3 is 0 Å². The highest BCUT2D eigenvalue weighted by Crippen LogP contribution is 2.34. The molecule has 1 aliphatic heterocycles. The van der Waals surface area contributed by atoms with Crippen LogP contribution in [0.15, 0.2) is 41.3 Å². The second-order valence-corrected chi connectivity index (χ2v) is 11.5. The Kier molecular flexibility index (Phi) is 6.65. The first-order valence-electron chi connectivity index (χ1n) is 10.9. The van der Waals surface area contributed by atoms with Gasteiger partial charge in [-0.2, -0.15) is 4.31 Å². The summed E-state index contributed by atoms with van der Waals surface area (Å²) in [6.45, 7) is 8.40. The summed E-state index contributed by atoms with van der Waals surface area (Å²) in [6, 6.07) is 11.4. The largest absolute Gasteiger partial charge is 0.320 e. The van der Waals surface area contributed by atoms with Gasteiger partial charge < -0.3 is 5.32 Å². The lowest BCUT2D eigenvalue weighted by Gasteiger charge is -2.31. The van der Waals surface area contributed by atoms with E-state index in [0.29, 0.717) is 23.0 Å². The first-order valence-corrected chi connectivity index (χ1v) is 13.2. The number of carbonyl (C=O) groups is 1. The quantitative estimate of drug-likeness (QED) is 0.572. The van der Waals surface area contributed by atoms with Crippen molar-refractivity contribution >= 4 is 33.0 Å². The number of aryl methyl sites for hydroxylation is 4. The van der Waals surface area contributed by atoms with Crippen molar-refractivity contribution < 1.29 is 13.2 Å². The minimum absolute atomic E-state index is 0.0860. The van der Waals surface area contributed by atoms with Gasteiger partial charge in [0, 0.05) is 24.7 Å². The fourth-order valence-corrected chi connectivity index (χ4v) is 7.24. The molecule has 3 aromatic rings. The third-order valence-electron chi connectivity index (χ3n) is 5.96. The first kappa shape index (κ1) is 23.5. The van der Waals surface area contributed by atoms with Gasteiger partial charge in [-0.05, 0) is 63.3 Å². The van der Waals surface area contributed by atoms with E-state index in [-0.39, 0.29) is 16.8 Å². The van der Waals surface area contributed by atoms with Gasteiger partial charge in [0.05, 0.1) is 4.90 Å². The third-order valence-corrected chi connectivity index (χ3v) is 9.22. The highest BCUT2D eigenvalue weighted by molar-refractivity contribution is 7.89. The van der Waals surface area contributed by atoms with E-state index < -0.39 is 10.0 Å². The van der Waals surface area contributed by atoms with Crippen molar-refractivity contribution in [3.8, 4) is 0 Å². The lowest BCUT2D eigenvalue weighted by atomic mass is 10.0. The highest BCUT2D eigenvalue weighted by atomic mass is 32.2. The minimum Gasteiger partial charge on any atom is -0.320 e. The Bertz CT molecular complexity index is 1280. The number of hydrogen-bond acceptors (Lipinski definition) is 6. The SMILES string of the molecule is Cc1cc(C)c(S(=O)(=O)N2CCC[C@H](c3nnc(C(=O)Nc4ccccc4C)s3)C2)c(C)c1. The number of sulfonamides is 1. The Morgan fingerprint density at radius 3 is 2.45 bits per heavy atom. The zero-order chi connectivity index (χ0) is 23.8. The number of hydrogen-bond donors (Lipinski definition) is 1. The molecular weight excluding hydrogens is 456 g/mol. The molecule has 33 heavy (non-hydrogen) atoms. The summed E-state index contributed by atoms with van der Waals surface area (Å²) in [5.74, 6) is -0.392. The maximum Gasteiger partial charge on any atom is 0.286 e. The molecule has 0 aliphatic carbocycles. The molecule has 1 amide bonds. The summed E-state index contributed by atoms with van der Waals surface area (Å²) >= 11 is 1.23. The van der Waals surface area contributed by atoms with E-state index >= 15 is 0 Å². The van der Waals surface area contributed by atoms with E-state index in [1.54, 1.807) is 4.31 Å². The Morgan fingerprint density at radius 1 is 1.06 bits per heavy atom. The van der Waals surface area contributed by atoms with Crippen LogP contribution in [0, 0.1) is 27.7 Å². The molecule has 0 unspecified atom stereocenters.